The van der Waals surface area contributed by atoms with E-state index in [9.17, 15) is 19.8 Å². The Kier molecular flexibility index (Phi) is 4.03. The third-order valence-corrected chi connectivity index (χ3v) is 4.91. The number of likely N-dealkylation sites (tertiary alicyclic amines) is 1. The van der Waals surface area contributed by atoms with E-state index in [4.69, 9.17) is 4.74 Å². The van der Waals surface area contributed by atoms with E-state index in [0.717, 1.165) is 0 Å². The van der Waals surface area contributed by atoms with Gasteiger partial charge in [-0.3, -0.25) is 9.59 Å². The first-order chi connectivity index (χ1) is 10.8. The van der Waals surface area contributed by atoms with Crippen LogP contribution >= 0.6 is 0 Å². The lowest BCUT2D eigenvalue weighted by Gasteiger charge is -2.49. The Morgan fingerprint density at radius 2 is 2.09 bits per heavy atom. The van der Waals surface area contributed by atoms with Crippen LogP contribution in [0.15, 0.2) is 23.0 Å². The highest BCUT2D eigenvalue weighted by Gasteiger charge is 2.49. The maximum atomic E-state index is 12.4. The molecule has 0 saturated carbocycles. The molecule has 2 saturated heterocycles. The molecule has 3 N–H and O–H groups in total. The normalized spacial score (nSPS) is 30.4. The molecule has 0 aromatic carbocycles. The standard InChI is InChI=1S/C16H22N2O5/c1-15(22)10-16(23-9-12(15)19)5-7-18(8-6-16)14(21)11-3-2-4-13(20)17-11/h2-4,12,19,22H,5-10H2,1H3,(H,17,20)/t12-,15-/m0/s1. The van der Waals surface area contributed by atoms with Crippen molar-refractivity contribution in [3.63, 3.8) is 0 Å². The molecule has 2 aliphatic rings. The van der Waals surface area contributed by atoms with E-state index in [1.165, 1.54) is 6.07 Å². The van der Waals surface area contributed by atoms with Gasteiger partial charge in [-0.15, -0.1) is 0 Å². The van der Waals surface area contributed by atoms with Crippen molar-refractivity contribution in [2.24, 2.45) is 0 Å². The number of nitrogens with zero attached hydrogens (tertiary/aromatic N) is 1. The number of ether oxygens (including phenoxy) is 1. The van der Waals surface area contributed by atoms with Crippen LogP contribution in [0.5, 0.6) is 0 Å². The SMILES string of the molecule is C[C@]1(O)CC2(CCN(C(=O)c3cccc(=O)[nH]3)CC2)OC[C@@H]1O. The fourth-order valence-corrected chi connectivity index (χ4v) is 3.44. The molecule has 3 heterocycles. The summed E-state index contributed by atoms with van der Waals surface area (Å²) in [5.41, 5.74) is -1.69. The molecule has 2 fully saturated rings. The third kappa shape index (κ3) is 3.17. The van der Waals surface area contributed by atoms with Crippen LogP contribution in [0.25, 0.3) is 0 Å². The lowest BCUT2D eigenvalue weighted by atomic mass is 9.76. The van der Waals surface area contributed by atoms with Crippen molar-refractivity contribution in [3.8, 4) is 0 Å². The highest BCUT2D eigenvalue weighted by atomic mass is 16.5. The number of rotatable bonds is 1. The Balaban J connectivity index is 1.67. The van der Waals surface area contributed by atoms with Crippen LogP contribution in [0.3, 0.4) is 0 Å². The highest BCUT2D eigenvalue weighted by molar-refractivity contribution is 5.92. The molecule has 0 aliphatic carbocycles. The average Bonchev–Trinajstić information content (AvgIpc) is 2.51. The number of carbonyl (C=O) groups is 1. The molecular weight excluding hydrogens is 300 g/mol. The summed E-state index contributed by atoms with van der Waals surface area (Å²) in [4.78, 5) is 28.0. The van der Waals surface area contributed by atoms with Gasteiger partial charge >= 0.3 is 0 Å². The molecule has 1 aromatic rings. The average molecular weight is 322 g/mol. The van der Waals surface area contributed by atoms with E-state index in [-0.39, 0.29) is 23.8 Å². The van der Waals surface area contributed by atoms with Crippen molar-refractivity contribution >= 4 is 5.91 Å². The zero-order chi connectivity index (χ0) is 16.7. The largest absolute Gasteiger partial charge is 0.388 e. The summed E-state index contributed by atoms with van der Waals surface area (Å²) >= 11 is 0. The summed E-state index contributed by atoms with van der Waals surface area (Å²) in [5, 5.41) is 20.1. The molecule has 3 rings (SSSR count). The molecule has 23 heavy (non-hydrogen) atoms. The quantitative estimate of drug-likeness (QED) is 0.669. The van der Waals surface area contributed by atoms with Gasteiger partial charge in [0.15, 0.2) is 0 Å². The fraction of sp³-hybridized carbons (Fsp3) is 0.625. The Morgan fingerprint density at radius 3 is 2.70 bits per heavy atom. The van der Waals surface area contributed by atoms with Crippen LogP contribution in [0, 0.1) is 0 Å². The number of aliphatic hydroxyl groups is 2. The van der Waals surface area contributed by atoms with Crippen molar-refractivity contribution in [1.82, 2.24) is 9.88 Å². The minimum absolute atomic E-state index is 0.104. The molecule has 126 valence electrons. The molecule has 0 unspecified atom stereocenters. The van der Waals surface area contributed by atoms with Gasteiger partial charge in [0.1, 0.15) is 11.8 Å². The van der Waals surface area contributed by atoms with Crippen LogP contribution < -0.4 is 5.56 Å². The predicted molar refractivity (Wildman–Crippen MR) is 82.1 cm³/mol. The minimum Gasteiger partial charge on any atom is -0.388 e. The topological polar surface area (TPSA) is 103 Å². The summed E-state index contributed by atoms with van der Waals surface area (Å²) in [7, 11) is 0. The molecular formula is C16H22N2O5. The van der Waals surface area contributed by atoms with Crippen LogP contribution in [0.1, 0.15) is 36.7 Å². The van der Waals surface area contributed by atoms with Gasteiger partial charge in [-0.25, -0.2) is 0 Å². The van der Waals surface area contributed by atoms with E-state index < -0.39 is 17.3 Å². The second kappa shape index (κ2) is 5.74. The third-order valence-electron chi connectivity index (χ3n) is 4.91. The number of pyridine rings is 1. The van der Waals surface area contributed by atoms with Gasteiger partial charge in [0.05, 0.1) is 17.8 Å². The number of hydrogen-bond donors (Lipinski definition) is 3. The number of aromatic nitrogens is 1. The van der Waals surface area contributed by atoms with E-state index in [0.29, 0.717) is 32.4 Å². The number of amides is 1. The number of H-pyrrole nitrogens is 1. The first-order valence-electron chi connectivity index (χ1n) is 7.84. The minimum atomic E-state index is -1.17. The molecule has 1 amide bonds. The van der Waals surface area contributed by atoms with Crippen molar-refractivity contribution in [1.29, 1.82) is 0 Å². The Bertz CT molecular complexity index is 646. The Labute approximate surface area is 133 Å². The number of aliphatic hydroxyl groups excluding tert-OH is 1. The first-order valence-corrected chi connectivity index (χ1v) is 7.84. The van der Waals surface area contributed by atoms with Gasteiger partial charge in [-0.2, -0.15) is 0 Å². The van der Waals surface area contributed by atoms with Crippen molar-refractivity contribution < 1.29 is 19.7 Å². The summed E-state index contributed by atoms with van der Waals surface area (Å²) in [6.07, 6.45) is 0.657. The van der Waals surface area contributed by atoms with E-state index >= 15 is 0 Å². The molecule has 1 aromatic heterocycles. The summed E-state index contributed by atoms with van der Waals surface area (Å²) < 4.78 is 5.80. The maximum Gasteiger partial charge on any atom is 0.270 e. The van der Waals surface area contributed by atoms with Gasteiger partial charge in [0.25, 0.3) is 5.91 Å². The summed E-state index contributed by atoms with van der Waals surface area (Å²) in [6, 6.07) is 4.51. The van der Waals surface area contributed by atoms with Crippen molar-refractivity contribution in [2.75, 3.05) is 19.7 Å². The second-order valence-electron chi connectivity index (χ2n) is 6.76. The number of aromatic amines is 1. The molecule has 2 atom stereocenters. The van der Waals surface area contributed by atoms with Crippen LogP contribution in [-0.2, 0) is 4.74 Å². The number of nitrogens with one attached hydrogen (secondary N) is 1. The van der Waals surface area contributed by atoms with Gasteiger partial charge < -0.3 is 24.8 Å². The molecule has 0 radical (unpaired) electrons. The van der Waals surface area contributed by atoms with Crippen LogP contribution in [0.4, 0.5) is 0 Å². The lowest BCUT2D eigenvalue weighted by molar-refractivity contribution is -0.221. The fourth-order valence-electron chi connectivity index (χ4n) is 3.44. The zero-order valence-electron chi connectivity index (χ0n) is 13.1. The van der Waals surface area contributed by atoms with Crippen LogP contribution in [0.2, 0.25) is 0 Å². The number of piperidine rings is 1. The van der Waals surface area contributed by atoms with E-state index in [2.05, 4.69) is 4.98 Å². The second-order valence-corrected chi connectivity index (χ2v) is 6.76. The highest BCUT2D eigenvalue weighted by Crippen LogP contribution is 2.39. The molecule has 0 bridgehead atoms. The van der Waals surface area contributed by atoms with Gasteiger partial charge in [0.2, 0.25) is 5.56 Å². The molecule has 2 aliphatic heterocycles. The maximum absolute atomic E-state index is 12.4. The Morgan fingerprint density at radius 1 is 1.39 bits per heavy atom. The number of carbonyl (C=O) groups excluding carboxylic acids is 1. The first kappa shape index (κ1) is 16.2. The zero-order valence-corrected chi connectivity index (χ0v) is 13.1. The van der Waals surface area contributed by atoms with Crippen molar-refractivity contribution in [2.45, 2.75) is 43.5 Å². The predicted octanol–water partition coefficient (Wildman–Crippen LogP) is -0.118. The number of hydrogen-bond acceptors (Lipinski definition) is 5. The molecule has 1 spiro atoms. The van der Waals surface area contributed by atoms with Crippen LogP contribution in [-0.4, -0.2) is 63.0 Å². The molecule has 7 nitrogen and oxygen atoms in total. The van der Waals surface area contributed by atoms with Gasteiger partial charge in [-0.05, 0) is 25.8 Å². The Hall–Kier alpha value is -1.70. The summed E-state index contributed by atoms with van der Waals surface area (Å²) in [5.74, 6) is -0.208. The van der Waals surface area contributed by atoms with Crippen molar-refractivity contribution in [3.05, 3.63) is 34.2 Å². The smallest absolute Gasteiger partial charge is 0.270 e. The monoisotopic (exact) mass is 322 g/mol. The van der Waals surface area contributed by atoms with E-state index in [1.54, 1.807) is 24.0 Å². The van der Waals surface area contributed by atoms with Gasteiger partial charge in [-0.1, -0.05) is 6.07 Å². The lowest BCUT2D eigenvalue weighted by Crippen LogP contribution is -2.59. The summed E-state index contributed by atoms with van der Waals surface area (Å²) in [6.45, 7) is 2.70. The van der Waals surface area contributed by atoms with Gasteiger partial charge in [0, 0.05) is 25.6 Å². The molecule has 7 heteroatoms. The van der Waals surface area contributed by atoms with E-state index in [1.807, 2.05) is 0 Å².